The Labute approximate surface area is 119 Å². The number of aryl methyl sites for hydroxylation is 1. The fourth-order valence-corrected chi connectivity index (χ4v) is 2.06. The monoisotopic (exact) mass is 272 g/mol. The third-order valence-electron chi connectivity index (χ3n) is 3.16. The van der Waals surface area contributed by atoms with Crippen molar-refractivity contribution in [2.24, 2.45) is 0 Å². The highest BCUT2D eigenvalue weighted by molar-refractivity contribution is 5.48. The number of nitrogens with zero attached hydrogens (tertiary/aromatic N) is 1. The zero-order valence-electron chi connectivity index (χ0n) is 12.1. The van der Waals surface area contributed by atoms with Crippen LogP contribution in [0.5, 0.6) is 11.5 Å². The van der Waals surface area contributed by atoms with Gasteiger partial charge >= 0.3 is 0 Å². The molecule has 0 bridgehead atoms. The van der Waals surface area contributed by atoms with E-state index in [0.717, 1.165) is 17.8 Å². The zero-order valence-corrected chi connectivity index (χ0v) is 12.1. The zero-order chi connectivity index (χ0) is 14.4. The van der Waals surface area contributed by atoms with Crippen molar-refractivity contribution in [1.82, 2.24) is 4.98 Å². The minimum Gasteiger partial charge on any atom is -0.493 e. The Kier molecular flexibility index (Phi) is 4.82. The number of hydrogen-bond donors (Lipinski definition) is 1. The first-order chi connectivity index (χ1) is 9.78. The van der Waals surface area contributed by atoms with E-state index >= 15 is 0 Å². The first kappa shape index (κ1) is 14.2. The van der Waals surface area contributed by atoms with Crippen molar-refractivity contribution in [3.05, 3.63) is 47.8 Å². The lowest BCUT2D eigenvalue weighted by molar-refractivity contribution is 0.350. The van der Waals surface area contributed by atoms with Gasteiger partial charge in [-0.05, 0) is 24.1 Å². The van der Waals surface area contributed by atoms with E-state index in [1.165, 1.54) is 5.56 Å². The van der Waals surface area contributed by atoms with Crippen LogP contribution in [0.15, 0.2) is 36.5 Å². The number of hydrogen-bond acceptors (Lipinski definition) is 4. The molecular weight excluding hydrogens is 252 g/mol. The molecule has 4 heteroatoms. The van der Waals surface area contributed by atoms with Gasteiger partial charge in [-0.2, -0.15) is 0 Å². The molecule has 20 heavy (non-hydrogen) atoms. The van der Waals surface area contributed by atoms with Gasteiger partial charge in [0, 0.05) is 18.0 Å². The van der Waals surface area contributed by atoms with Crippen LogP contribution in [0.2, 0.25) is 0 Å². The molecule has 0 aliphatic carbocycles. The van der Waals surface area contributed by atoms with Crippen LogP contribution in [0.4, 0.5) is 5.69 Å². The van der Waals surface area contributed by atoms with Crippen molar-refractivity contribution in [3.63, 3.8) is 0 Å². The molecular formula is C16H20N2O2. The maximum Gasteiger partial charge on any atom is 0.184 e. The topological polar surface area (TPSA) is 43.4 Å². The molecule has 0 aliphatic heterocycles. The average Bonchev–Trinajstić information content (AvgIpc) is 2.52. The minimum absolute atomic E-state index is 0.591. The maximum absolute atomic E-state index is 5.37. The van der Waals surface area contributed by atoms with Gasteiger partial charge in [-0.1, -0.05) is 19.1 Å². The molecule has 0 amide bonds. The van der Waals surface area contributed by atoms with Gasteiger partial charge in [0.05, 0.1) is 20.8 Å². The van der Waals surface area contributed by atoms with Crippen molar-refractivity contribution in [2.75, 3.05) is 19.5 Å². The molecule has 0 saturated heterocycles. The van der Waals surface area contributed by atoms with Gasteiger partial charge in [0.1, 0.15) is 5.69 Å². The summed E-state index contributed by atoms with van der Waals surface area (Å²) in [6.45, 7) is 2.74. The van der Waals surface area contributed by atoms with E-state index in [1.54, 1.807) is 26.5 Å². The Balaban J connectivity index is 2.14. The first-order valence-corrected chi connectivity index (χ1v) is 6.67. The molecule has 0 fully saturated rings. The SMILES string of the molecule is CCc1cccc(NCc2nccc(OC)c2OC)c1. The second-order valence-electron chi connectivity index (χ2n) is 4.40. The Morgan fingerprint density at radius 3 is 2.70 bits per heavy atom. The number of rotatable bonds is 6. The van der Waals surface area contributed by atoms with Crippen LogP contribution in [0.25, 0.3) is 0 Å². The summed E-state index contributed by atoms with van der Waals surface area (Å²) in [4.78, 5) is 4.35. The molecule has 1 heterocycles. The second-order valence-corrected chi connectivity index (χ2v) is 4.40. The number of methoxy groups -OCH3 is 2. The average molecular weight is 272 g/mol. The summed E-state index contributed by atoms with van der Waals surface area (Å²) in [5.74, 6) is 1.37. The summed E-state index contributed by atoms with van der Waals surface area (Å²) in [5, 5.41) is 3.36. The van der Waals surface area contributed by atoms with Gasteiger partial charge in [-0.15, -0.1) is 0 Å². The van der Waals surface area contributed by atoms with Crippen LogP contribution in [-0.2, 0) is 13.0 Å². The molecule has 2 rings (SSSR count). The summed E-state index contributed by atoms with van der Waals surface area (Å²) in [7, 11) is 3.25. The number of ether oxygens (including phenoxy) is 2. The van der Waals surface area contributed by atoms with Crippen molar-refractivity contribution < 1.29 is 9.47 Å². The summed E-state index contributed by atoms with van der Waals surface area (Å²) in [6.07, 6.45) is 2.75. The normalized spacial score (nSPS) is 10.2. The van der Waals surface area contributed by atoms with E-state index in [0.29, 0.717) is 18.0 Å². The van der Waals surface area contributed by atoms with Gasteiger partial charge in [0.2, 0.25) is 0 Å². The van der Waals surface area contributed by atoms with E-state index in [1.807, 2.05) is 6.07 Å². The molecule has 0 radical (unpaired) electrons. The van der Waals surface area contributed by atoms with Crippen molar-refractivity contribution in [3.8, 4) is 11.5 Å². The van der Waals surface area contributed by atoms with Crippen LogP contribution >= 0.6 is 0 Å². The van der Waals surface area contributed by atoms with E-state index in [-0.39, 0.29) is 0 Å². The van der Waals surface area contributed by atoms with Crippen LogP contribution < -0.4 is 14.8 Å². The molecule has 1 aromatic carbocycles. The molecule has 0 atom stereocenters. The summed E-state index contributed by atoms with van der Waals surface area (Å²) in [6, 6.07) is 10.2. The van der Waals surface area contributed by atoms with Crippen LogP contribution in [0.3, 0.4) is 0 Å². The highest BCUT2D eigenvalue weighted by atomic mass is 16.5. The number of benzene rings is 1. The van der Waals surface area contributed by atoms with Crippen LogP contribution in [-0.4, -0.2) is 19.2 Å². The van der Waals surface area contributed by atoms with Gasteiger partial charge in [-0.3, -0.25) is 4.98 Å². The van der Waals surface area contributed by atoms with Gasteiger partial charge < -0.3 is 14.8 Å². The predicted octanol–water partition coefficient (Wildman–Crippen LogP) is 3.27. The highest BCUT2D eigenvalue weighted by Crippen LogP contribution is 2.29. The summed E-state index contributed by atoms with van der Waals surface area (Å²) in [5.41, 5.74) is 3.21. The minimum atomic E-state index is 0.591. The number of anilines is 1. The van der Waals surface area contributed by atoms with Crippen molar-refractivity contribution in [1.29, 1.82) is 0 Å². The maximum atomic E-state index is 5.37. The van der Waals surface area contributed by atoms with Crippen molar-refractivity contribution in [2.45, 2.75) is 19.9 Å². The smallest absolute Gasteiger partial charge is 0.184 e. The first-order valence-electron chi connectivity index (χ1n) is 6.67. The van der Waals surface area contributed by atoms with Crippen LogP contribution in [0, 0.1) is 0 Å². The molecule has 106 valence electrons. The quantitative estimate of drug-likeness (QED) is 0.876. The predicted molar refractivity (Wildman–Crippen MR) is 80.5 cm³/mol. The Hall–Kier alpha value is -2.23. The van der Waals surface area contributed by atoms with Gasteiger partial charge in [0.25, 0.3) is 0 Å². The molecule has 4 nitrogen and oxygen atoms in total. The highest BCUT2D eigenvalue weighted by Gasteiger charge is 2.10. The van der Waals surface area contributed by atoms with E-state index < -0.39 is 0 Å². The molecule has 2 aromatic rings. The van der Waals surface area contributed by atoms with E-state index in [2.05, 4.69) is 35.4 Å². The Morgan fingerprint density at radius 2 is 2.00 bits per heavy atom. The summed E-state index contributed by atoms with van der Waals surface area (Å²) >= 11 is 0. The largest absolute Gasteiger partial charge is 0.493 e. The molecule has 0 saturated carbocycles. The molecule has 1 N–H and O–H groups in total. The molecule has 0 aliphatic rings. The number of nitrogens with one attached hydrogen (secondary N) is 1. The Bertz CT molecular complexity index is 570. The second kappa shape index (κ2) is 6.80. The third kappa shape index (κ3) is 3.20. The standard InChI is InChI=1S/C16H20N2O2/c1-4-12-6-5-7-13(10-12)18-11-14-16(20-3)15(19-2)8-9-17-14/h5-10,18H,4,11H2,1-3H3. The number of pyridine rings is 1. The lowest BCUT2D eigenvalue weighted by Gasteiger charge is -2.13. The summed E-state index contributed by atoms with van der Waals surface area (Å²) < 4.78 is 10.6. The van der Waals surface area contributed by atoms with Gasteiger partial charge in [-0.25, -0.2) is 0 Å². The fraction of sp³-hybridized carbons (Fsp3) is 0.312. The van der Waals surface area contributed by atoms with Crippen LogP contribution in [0.1, 0.15) is 18.2 Å². The Morgan fingerprint density at radius 1 is 1.15 bits per heavy atom. The van der Waals surface area contributed by atoms with E-state index in [4.69, 9.17) is 9.47 Å². The molecule has 0 spiro atoms. The fourth-order valence-electron chi connectivity index (χ4n) is 2.06. The van der Waals surface area contributed by atoms with Crippen molar-refractivity contribution >= 4 is 5.69 Å². The number of aromatic nitrogens is 1. The third-order valence-corrected chi connectivity index (χ3v) is 3.16. The lowest BCUT2D eigenvalue weighted by atomic mass is 10.1. The molecule has 0 unspecified atom stereocenters. The van der Waals surface area contributed by atoms with Gasteiger partial charge in [0.15, 0.2) is 11.5 Å². The molecule has 1 aromatic heterocycles. The van der Waals surface area contributed by atoms with E-state index in [9.17, 15) is 0 Å². The lowest BCUT2D eigenvalue weighted by Crippen LogP contribution is -2.05.